The van der Waals surface area contributed by atoms with Crippen LogP contribution in [0.2, 0.25) is 0 Å². The minimum atomic E-state index is -0.659. The first-order valence-electron chi connectivity index (χ1n) is 4.31. The van der Waals surface area contributed by atoms with E-state index in [0.717, 1.165) is 12.1 Å². The summed E-state index contributed by atoms with van der Waals surface area (Å²) in [4.78, 5) is 9.97. The average Bonchev–Trinajstić information content (AvgIpc) is 2.21. The maximum atomic E-state index is 13.3. The normalized spacial score (nSPS) is 10.2. The van der Waals surface area contributed by atoms with Crippen molar-refractivity contribution in [2.75, 3.05) is 20.3 Å². The van der Waals surface area contributed by atoms with Gasteiger partial charge in [-0.25, -0.2) is 4.39 Å². The van der Waals surface area contributed by atoms with Gasteiger partial charge in [0.15, 0.2) is 11.6 Å². The molecule has 0 spiro atoms. The highest BCUT2D eigenvalue weighted by Gasteiger charge is 2.17. The first-order chi connectivity index (χ1) is 7.56. The molecule has 0 unspecified atom stereocenters. The third-order valence-electron chi connectivity index (χ3n) is 1.74. The fraction of sp³-hybridized carbons (Fsp3) is 0.333. The Labute approximate surface area is 99.4 Å². The summed E-state index contributed by atoms with van der Waals surface area (Å²) < 4.78 is 23.1. The third-order valence-corrected chi connectivity index (χ3v) is 2.38. The van der Waals surface area contributed by atoms with Crippen molar-refractivity contribution in [2.24, 2.45) is 0 Å². The van der Waals surface area contributed by atoms with Crippen molar-refractivity contribution in [3.63, 3.8) is 0 Å². The average molecular weight is 294 g/mol. The Morgan fingerprint density at radius 3 is 2.75 bits per heavy atom. The molecular formula is C9H9BrFNO4. The summed E-state index contributed by atoms with van der Waals surface area (Å²) in [5.41, 5.74) is -0.242. The molecule has 88 valence electrons. The second-order valence-corrected chi connectivity index (χ2v) is 3.69. The second kappa shape index (κ2) is 5.76. The quantitative estimate of drug-likeness (QED) is 0.475. The van der Waals surface area contributed by atoms with Crippen LogP contribution in [0.25, 0.3) is 0 Å². The molecule has 0 aliphatic carbocycles. The lowest BCUT2D eigenvalue weighted by molar-refractivity contribution is -0.385. The molecule has 1 aromatic rings. The monoisotopic (exact) mass is 293 g/mol. The van der Waals surface area contributed by atoms with Gasteiger partial charge in [-0.3, -0.25) is 10.1 Å². The van der Waals surface area contributed by atoms with Crippen molar-refractivity contribution in [1.29, 1.82) is 0 Å². The van der Waals surface area contributed by atoms with Crippen LogP contribution in [-0.4, -0.2) is 25.2 Å². The Balaban J connectivity index is 2.91. The molecule has 0 radical (unpaired) electrons. The number of halogens is 2. The van der Waals surface area contributed by atoms with Crippen LogP contribution in [0.5, 0.6) is 5.75 Å². The molecule has 0 aromatic heterocycles. The van der Waals surface area contributed by atoms with Gasteiger partial charge < -0.3 is 9.47 Å². The predicted molar refractivity (Wildman–Crippen MR) is 58.1 cm³/mol. The summed E-state index contributed by atoms with van der Waals surface area (Å²) >= 11 is 2.90. The first kappa shape index (κ1) is 12.9. The molecule has 0 heterocycles. The highest BCUT2D eigenvalue weighted by molar-refractivity contribution is 9.10. The highest BCUT2D eigenvalue weighted by Crippen LogP contribution is 2.31. The van der Waals surface area contributed by atoms with Gasteiger partial charge in [-0.1, -0.05) is 0 Å². The molecule has 0 atom stereocenters. The van der Waals surface area contributed by atoms with Crippen LogP contribution in [-0.2, 0) is 4.74 Å². The lowest BCUT2D eigenvalue weighted by Gasteiger charge is -2.06. The number of nitro groups is 1. The highest BCUT2D eigenvalue weighted by atomic mass is 79.9. The van der Waals surface area contributed by atoms with Crippen molar-refractivity contribution >= 4 is 21.6 Å². The summed E-state index contributed by atoms with van der Waals surface area (Å²) in [6, 6.07) is 2.04. The van der Waals surface area contributed by atoms with Gasteiger partial charge in [-0.2, -0.15) is 0 Å². The van der Waals surface area contributed by atoms with Crippen LogP contribution >= 0.6 is 15.9 Å². The van der Waals surface area contributed by atoms with E-state index in [1.165, 1.54) is 7.11 Å². The van der Waals surface area contributed by atoms with E-state index in [1.54, 1.807) is 0 Å². The summed E-state index contributed by atoms with van der Waals surface area (Å²) in [7, 11) is 1.48. The molecule has 0 saturated heterocycles. The summed E-state index contributed by atoms with van der Waals surface area (Å²) in [5.74, 6) is -0.819. The lowest BCUT2D eigenvalue weighted by Crippen LogP contribution is -2.06. The number of nitro benzene ring substituents is 1. The van der Waals surface area contributed by atoms with Crippen LogP contribution in [0, 0.1) is 15.9 Å². The molecule has 0 bridgehead atoms. The molecule has 1 rings (SSSR count). The SMILES string of the molecule is COCCOc1cc([N+](=O)[O-])c(Br)cc1F. The lowest BCUT2D eigenvalue weighted by atomic mass is 10.3. The van der Waals surface area contributed by atoms with Crippen LogP contribution in [0.3, 0.4) is 0 Å². The van der Waals surface area contributed by atoms with Gasteiger partial charge in [-0.15, -0.1) is 0 Å². The zero-order valence-corrected chi connectivity index (χ0v) is 9.99. The van der Waals surface area contributed by atoms with E-state index >= 15 is 0 Å². The molecule has 0 aliphatic rings. The zero-order chi connectivity index (χ0) is 12.1. The minimum absolute atomic E-state index is 0.0779. The topological polar surface area (TPSA) is 61.6 Å². The van der Waals surface area contributed by atoms with E-state index in [9.17, 15) is 14.5 Å². The fourth-order valence-corrected chi connectivity index (χ4v) is 1.46. The van der Waals surface area contributed by atoms with Crippen molar-refractivity contribution in [2.45, 2.75) is 0 Å². The second-order valence-electron chi connectivity index (χ2n) is 2.83. The Morgan fingerprint density at radius 1 is 1.50 bits per heavy atom. The Morgan fingerprint density at radius 2 is 2.19 bits per heavy atom. The number of hydrogen-bond donors (Lipinski definition) is 0. The van der Waals surface area contributed by atoms with Crippen LogP contribution in [0.4, 0.5) is 10.1 Å². The van der Waals surface area contributed by atoms with Gasteiger partial charge in [-0.05, 0) is 22.0 Å². The van der Waals surface area contributed by atoms with Crippen molar-refractivity contribution < 1.29 is 18.8 Å². The summed E-state index contributed by atoms with van der Waals surface area (Å²) in [6.45, 7) is 0.412. The maximum Gasteiger partial charge on any atom is 0.287 e. The largest absolute Gasteiger partial charge is 0.488 e. The van der Waals surface area contributed by atoms with Crippen LogP contribution in [0.1, 0.15) is 0 Å². The van der Waals surface area contributed by atoms with Gasteiger partial charge in [0, 0.05) is 7.11 Å². The molecule has 5 nitrogen and oxygen atoms in total. The smallest absolute Gasteiger partial charge is 0.287 e. The summed E-state index contributed by atoms with van der Waals surface area (Å²) in [5, 5.41) is 10.6. The predicted octanol–water partition coefficient (Wildman–Crippen LogP) is 2.52. The first-order valence-corrected chi connectivity index (χ1v) is 5.10. The van der Waals surface area contributed by atoms with E-state index in [-0.39, 0.29) is 29.1 Å². The Bertz CT molecular complexity index is 399. The fourth-order valence-electron chi connectivity index (χ4n) is 1.00. The van der Waals surface area contributed by atoms with Gasteiger partial charge >= 0.3 is 0 Å². The zero-order valence-electron chi connectivity index (χ0n) is 8.41. The number of methoxy groups -OCH3 is 1. The number of benzene rings is 1. The van der Waals surface area contributed by atoms with E-state index in [4.69, 9.17) is 9.47 Å². The van der Waals surface area contributed by atoms with Crippen molar-refractivity contribution in [3.8, 4) is 5.75 Å². The number of hydrogen-bond acceptors (Lipinski definition) is 4. The number of rotatable bonds is 5. The molecule has 16 heavy (non-hydrogen) atoms. The molecule has 0 aliphatic heterocycles. The van der Waals surface area contributed by atoms with Gasteiger partial charge in [0.25, 0.3) is 5.69 Å². The summed E-state index contributed by atoms with van der Waals surface area (Å²) in [6.07, 6.45) is 0. The van der Waals surface area contributed by atoms with Gasteiger partial charge in [0.2, 0.25) is 0 Å². The molecule has 0 fully saturated rings. The van der Waals surface area contributed by atoms with E-state index in [1.807, 2.05) is 0 Å². The van der Waals surface area contributed by atoms with E-state index in [0.29, 0.717) is 0 Å². The van der Waals surface area contributed by atoms with E-state index in [2.05, 4.69) is 15.9 Å². The van der Waals surface area contributed by atoms with Crippen molar-refractivity contribution in [1.82, 2.24) is 0 Å². The molecule has 0 N–H and O–H groups in total. The van der Waals surface area contributed by atoms with E-state index < -0.39 is 10.7 Å². The Hall–Kier alpha value is -1.21. The Kier molecular flexibility index (Phi) is 4.63. The van der Waals surface area contributed by atoms with Crippen LogP contribution in [0.15, 0.2) is 16.6 Å². The molecule has 1 aromatic carbocycles. The van der Waals surface area contributed by atoms with Gasteiger partial charge in [0.1, 0.15) is 6.61 Å². The maximum absolute atomic E-state index is 13.3. The molecule has 7 heteroatoms. The molecule has 0 saturated carbocycles. The number of ether oxygens (including phenoxy) is 2. The van der Waals surface area contributed by atoms with Crippen molar-refractivity contribution in [3.05, 3.63) is 32.5 Å². The molecule has 0 amide bonds. The van der Waals surface area contributed by atoms with Gasteiger partial charge in [0.05, 0.1) is 22.1 Å². The number of nitrogens with zero attached hydrogens (tertiary/aromatic N) is 1. The molecular weight excluding hydrogens is 285 g/mol. The standard InChI is InChI=1S/C9H9BrFNO4/c1-15-2-3-16-9-5-8(12(13)14)6(10)4-7(9)11/h4-5H,2-3H2,1H3. The van der Waals surface area contributed by atoms with Crippen LogP contribution < -0.4 is 4.74 Å². The minimum Gasteiger partial charge on any atom is -0.488 e. The third kappa shape index (κ3) is 3.14.